The smallest absolute Gasteiger partial charge is 0.296 e. The zero-order valence-corrected chi connectivity index (χ0v) is 10.6. The van der Waals surface area contributed by atoms with Crippen LogP contribution in [0.5, 0.6) is 0 Å². The van der Waals surface area contributed by atoms with Crippen LogP contribution in [0.15, 0.2) is 12.1 Å². The predicted molar refractivity (Wildman–Crippen MR) is 68.0 cm³/mol. The number of hydrogen-bond donors (Lipinski definition) is 1. The van der Waals surface area contributed by atoms with Gasteiger partial charge in [0, 0.05) is 13.1 Å². The molecule has 5 heteroatoms. The fourth-order valence-corrected chi connectivity index (χ4v) is 2.00. The minimum atomic E-state index is -0.597. The normalized spacial score (nSPS) is 13.9. The number of rotatable bonds is 2. The fourth-order valence-electron chi connectivity index (χ4n) is 1.70. The van der Waals surface area contributed by atoms with E-state index in [1.165, 1.54) is 0 Å². The van der Waals surface area contributed by atoms with Crippen LogP contribution in [0.3, 0.4) is 0 Å². The number of anilines is 2. The molecule has 0 saturated heterocycles. The third-order valence-electron chi connectivity index (χ3n) is 2.94. The third-order valence-corrected chi connectivity index (χ3v) is 3.24. The van der Waals surface area contributed by atoms with Gasteiger partial charge in [-0.1, -0.05) is 11.6 Å². The lowest BCUT2D eigenvalue weighted by Gasteiger charge is -2.25. The first kappa shape index (κ1) is 11.9. The van der Waals surface area contributed by atoms with Crippen molar-refractivity contribution in [1.82, 2.24) is 0 Å². The molecule has 1 heterocycles. The maximum absolute atomic E-state index is 11.5. The number of halogens is 1. The number of carbonyl (C=O) groups excluding carboxylic acids is 2. The van der Waals surface area contributed by atoms with Gasteiger partial charge in [0.05, 0.1) is 22.0 Å². The summed E-state index contributed by atoms with van der Waals surface area (Å²) in [7, 11) is 1.91. The lowest BCUT2D eigenvalue weighted by atomic mass is 10.1. The first-order valence-electron chi connectivity index (χ1n) is 5.34. The monoisotopic (exact) mass is 252 g/mol. The van der Waals surface area contributed by atoms with Gasteiger partial charge in [-0.3, -0.25) is 9.59 Å². The molecule has 1 amide bonds. The van der Waals surface area contributed by atoms with Crippen LogP contribution in [0.25, 0.3) is 0 Å². The Morgan fingerprint density at radius 2 is 1.94 bits per heavy atom. The number of fused-ring (bicyclic) bond motifs is 1. The molecule has 0 spiro atoms. The van der Waals surface area contributed by atoms with Crippen molar-refractivity contribution in [1.29, 1.82) is 0 Å². The molecule has 0 saturated carbocycles. The molecule has 0 unspecified atom stereocenters. The molecule has 0 radical (unpaired) electrons. The number of hydrogen-bond acceptors (Lipinski definition) is 3. The van der Waals surface area contributed by atoms with E-state index in [-0.39, 0.29) is 6.04 Å². The van der Waals surface area contributed by atoms with Crippen LogP contribution in [-0.2, 0) is 4.79 Å². The van der Waals surface area contributed by atoms with Gasteiger partial charge < -0.3 is 10.2 Å². The highest BCUT2D eigenvalue weighted by Crippen LogP contribution is 2.35. The number of ketones is 1. The first-order chi connectivity index (χ1) is 7.91. The number of amides is 1. The maximum Gasteiger partial charge on any atom is 0.296 e. The molecular weight excluding hydrogens is 240 g/mol. The van der Waals surface area contributed by atoms with Crippen molar-refractivity contribution >= 4 is 34.7 Å². The standard InChI is InChI=1S/C12H13ClN2O2/c1-6(2)15(3)10-5-9-7(4-8(10)13)11(16)12(17)14-9/h4-6H,1-3H3,(H,14,16,17). The van der Waals surface area contributed by atoms with E-state index in [0.29, 0.717) is 16.3 Å². The van der Waals surface area contributed by atoms with Crippen LogP contribution in [0.2, 0.25) is 5.02 Å². The van der Waals surface area contributed by atoms with Crippen LogP contribution in [0, 0.1) is 0 Å². The van der Waals surface area contributed by atoms with Crippen molar-refractivity contribution in [2.24, 2.45) is 0 Å². The average Bonchev–Trinajstić information content (AvgIpc) is 2.53. The van der Waals surface area contributed by atoms with Crippen molar-refractivity contribution in [2.45, 2.75) is 19.9 Å². The summed E-state index contributed by atoms with van der Waals surface area (Å²) in [6.07, 6.45) is 0. The largest absolute Gasteiger partial charge is 0.371 e. The van der Waals surface area contributed by atoms with Gasteiger partial charge in [-0.25, -0.2) is 0 Å². The van der Waals surface area contributed by atoms with Gasteiger partial charge in [0.15, 0.2) is 0 Å². The number of nitrogens with one attached hydrogen (secondary N) is 1. The number of Topliss-reactive ketones (excluding diaryl/α,β-unsaturated/α-hetero) is 1. The second kappa shape index (κ2) is 4.04. The molecule has 0 fully saturated rings. The van der Waals surface area contributed by atoms with Gasteiger partial charge in [0.1, 0.15) is 0 Å². The Hall–Kier alpha value is -1.55. The summed E-state index contributed by atoms with van der Waals surface area (Å²) < 4.78 is 0. The van der Waals surface area contributed by atoms with Gasteiger partial charge in [-0.05, 0) is 26.0 Å². The van der Waals surface area contributed by atoms with Gasteiger partial charge in [0.25, 0.3) is 11.7 Å². The first-order valence-corrected chi connectivity index (χ1v) is 5.71. The summed E-state index contributed by atoms with van der Waals surface area (Å²) in [5.74, 6) is -1.12. The summed E-state index contributed by atoms with van der Waals surface area (Å²) in [5, 5.41) is 3.01. The fraction of sp³-hybridized carbons (Fsp3) is 0.333. The van der Waals surface area contributed by atoms with E-state index in [2.05, 4.69) is 5.32 Å². The molecule has 1 aromatic carbocycles. The highest BCUT2D eigenvalue weighted by atomic mass is 35.5. The Kier molecular flexibility index (Phi) is 2.83. The molecule has 0 bridgehead atoms. The molecule has 4 nitrogen and oxygen atoms in total. The molecule has 0 atom stereocenters. The molecule has 0 aliphatic carbocycles. The van der Waals surface area contributed by atoms with Gasteiger partial charge >= 0.3 is 0 Å². The van der Waals surface area contributed by atoms with E-state index >= 15 is 0 Å². The van der Waals surface area contributed by atoms with Crippen molar-refractivity contribution in [3.05, 3.63) is 22.7 Å². The van der Waals surface area contributed by atoms with Crippen molar-refractivity contribution in [2.75, 3.05) is 17.3 Å². The summed E-state index contributed by atoms with van der Waals surface area (Å²) in [6.45, 7) is 4.07. The van der Waals surface area contributed by atoms with Gasteiger partial charge in [0.2, 0.25) is 0 Å². The summed E-state index contributed by atoms with van der Waals surface area (Å²) in [5.41, 5.74) is 1.68. The van der Waals surface area contributed by atoms with Crippen LogP contribution in [0.1, 0.15) is 24.2 Å². The molecule has 1 aliphatic heterocycles. The highest BCUT2D eigenvalue weighted by molar-refractivity contribution is 6.52. The molecule has 1 aliphatic rings. The average molecular weight is 253 g/mol. The lowest BCUT2D eigenvalue weighted by molar-refractivity contribution is -0.112. The van der Waals surface area contributed by atoms with Crippen LogP contribution >= 0.6 is 11.6 Å². The summed E-state index contributed by atoms with van der Waals surface area (Å²) >= 11 is 6.13. The SMILES string of the molecule is CC(C)N(C)c1cc2c(cc1Cl)C(=O)C(=O)N2. The van der Waals surface area contributed by atoms with Crippen molar-refractivity contribution in [3.8, 4) is 0 Å². The number of carbonyl (C=O) groups is 2. The summed E-state index contributed by atoms with van der Waals surface area (Å²) in [4.78, 5) is 24.7. The summed E-state index contributed by atoms with van der Waals surface area (Å²) in [6, 6.07) is 3.56. The van der Waals surface area contributed by atoms with E-state index in [9.17, 15) is 9.59 Å². The Morgan fingerprint density at radius 3 is 2.53 bits per heavy atom. The van der Waals surface area contributed by atoms with E-state index < -0.39 is 11.7 Å². The zero-order valence-electron chi connectivity index (χ0n) is 9.87. The second-order valence-corrected chi connectivity index (χ2v) is 4.74. The lowest BCUT2D eigenvalue weighted by Crippen LogP contribution is -2.25. The Bertz CT molecular complexity index is 511. The third kappa shape index (κ3) is 1.89. The molecule has 2 rings (SSSR count). The highest BCUT2D eigenvalue weighted by Gasteiger charge is 2.29. The molecule has 0 aromatic heterocycles. The predicted octanol–water partition coefficient (Wildman–Crippen LogP) is 2.32. The second-order valence-electron chi connectivity index (χ2n) is 4.34. The van der Waals surface area contributed by atoms with E-state index in [1.807, 2.05) is 25.8 Å². The van der Waals surface area contributed by atoms with E-state index in [1.54, 1.807) is 12.1 Å². The molecule has 90 valence electrons. The van der Waals surface area contributed by atoms with Gasteiger partial charge in [-0.15, -0.1) is 0 Å². The maximum atomic E-state index is 11.5. The Morgan fingerprint density at radius 1 is 1.29 bits per heavy atom. The Balaban J connectivity index is 2.50. The number of benzene rings is 1. The minimum absolute atomic E-state index is 0.276. The zero-order chi connectivity index (χ0) is 12.7. The van der Waals surface area contributed by atoms with Crippen molar-refractivity contribution in [3.63, 3.8) is 0 Å². The number of nitrogens with zero attached hydrogens (tertiary/aromatic N) is 1. The van der Waals surface area contributed by atoms with Crippen LogP contribution in [0.4, 0.5) is 11.4 Å². The van der Waals surface area contributed by atoms with Crippen molar-refractivity contribution < 1.29 is 9.59 Å². The van der Waals surface area contributed by atoms with E-state index in [4.69, 9.17) is 11.6 Å². The van der Waals surface area contributed by atoms with Crippen LogP contribution < -0.4 is 10.2 Å². The quantitative estimate of drug-likeness (QED) is 0.822. The molecule has 1 aromatic rings. The Labute approximate surface area is 105 Å². The van der Waals surface area contributed by atoms with Gasteiger partial charge in [-0.2, -0.15) is 0 Å². The molecular formula is C12H13ClN2O2. The molecule has 1 N–H and O–H groups in total. The van der Waals surface area contributed by atoms with E-state index in [0.717, 1.165) is 5.69 Å². The van der Waals surface area contributed by atoms with Crippen LogP contribution in [-0.4, -0.2) is 24.8 Å². The molecule has 17 heavy (non-hydrogen) atoms. The minimum Gasteiger partial charge on any atom is -0.371 e. The topological polar surface area (TPSA) is 49.4 Å².